The molecule has 0 aliphatic rings. The molecule has 0 saturated carbocycles. The Kier molecular flexibility index (Phi) is 5.21. The summed E-state index contributed by atoms with van der Waals surface area (Å²) in [7, 11) is 0. The van der Waals surface area contributed by atoms with Gasteiger partial charge in [-0.25, -0.2) is 4.98 Å². The molecule has 0 radical (unpaired) electrons. The van der Waals surface area contributed by atoms with Gasteiger partial charge in [0.25, 0.3) is 0 Å². The predicted octanol–water partition coefficient (Wildman–Crippen LogP) is 4.92. The van der Waals surface area contributed by atoms with Crippen LogP contribution in [0, 0.1) is 0 Å². The van der Waals surface area contributed by atoms with E-state index in [9.17, 15) is 0 Å². The average molecular weight is 325 g/mol. The van der Waals surface area contributed by atoms with Gasteiger partial charge in [0.05, 0.1) is 23.0 Å². The summed E-state index contributed by atoms with van der Waals surface area (Å²) in [5.74, 6) is 0.898. The van der Waals surface area contributed by atoms with E-state index < -0.39 is 0 Å². The highest BCUT2D eigenvalue weighted by molar-refractivity contribution is 7.22. The Morgan fingerprint density at radius 2 is 2.00 bits per heavy atom. The zero-order valence-corrected chi connectivity index (χ0v) is 13.8. The molecule has 1 aromatic heterocycles. The molecule has 118 valence electrons. The number of hydrogen-bond donors (Lipinski definition) is 1. The first-order chi connectivity index (χ1) is 11.3. The molecular weight excluding hydrogens is 306 g/mol. The Labute approximate surface area is 139 Å². The molecule has 5 heteroatoms. The van der Waals surface area contributed by atoms with E-state index >= 15 is 0 Å². The summed E-state index contributed by atoms with van der Waals surface area (Å²) in [6.07, 6.45) is 4.00. The second kappa shape index (κ2) is 7.74. The smallest absolute Gasteiger partial charge is 0.204 e. The molecule has 3 aromatic rings. The molecule has 3 rings (SSSR count). The summed E-state index contributed by atoms with van der Waals surface area (Å²) in [5, 5.41) is 5.04. The highest BCUT2D eigenvalue weighted by Crippen LogP contribution is 2.25. The molecule has 0 saturated heterocycles. The van der Waals surface area contributed by atoms with Crippen molar-refractivity contribution in [1.29, 1.82) is 0 Å². The van der Waals surface area contributed by atoms with Gasteiger partial charge in [-0.2, -0.15) is 5.10 Å². The number of unbranched alkanes of at least 4 members (excludes halogenated alkanes) is 1. The number of ether oxygens (including phenoxy) is 1. The largest absolute Gasteiger partial charge is 0.494 e. The molecule has 2 aromatic carbocycles. The summed E-state index contributed by atoms with van der Waals surface area (Å²) in [4.78, 5) is 4.47. The lowest BCUT2D eigenvalue weighted by Gasteiger charge is -2.04. The number of para-hydroxylation sites is 1. The van der Waals surface area contributed by atoms with E-state index in [1.165, 1.54) is 0 Å². The number of benzene rings is 2. The Morgan fingerprint density at radius 3 is 2.78 bits per heavy atom. The standard InChI is InChI=1S/C18H19N3OS/c1-2-3-12-22-15-10-8-14(9-11-15)13-19-21-18-20-16-6-4-5-7-17(16)23-18/h4-11,13H,2-3,12H2,1H3,(H,20,21)/b19-13-. The predicted molar refractivity (Wildman–Crippen MR) is 97.7 cm³/mol. The van der Waals surface area contributed by atoms with Crippen molar-refractivity contribution < 1.29 is 4.74 Å². The van der Waals surface area contributed by atoms with Gasteiger partial charge in [-0.05, 0) is 48.4 Å². The van der Waals surface area contributed by atoms with Gasteiger partial charge in [0.1, 0.15) is 5.75 Å². The van der Waals surface area contributed by atoms with Crippen molar-refractivity contribution in [3.8, 4) is 5.75 Å². The lowest BCUT2D eigenvalue weighted by Crippen LogP contribution is -1.96. The quantitative estimate of drug-likeness (QED) is 0.381. The maximum absolute atomic E-state index is 5.64. The van der Waals surface area contributed by atoms with Gasteiger partial charge in [0.15, 0.2) is 0 Å². The van der Waals surface area contributed by atoms with Crippen molar-refractivity contribution in [2.45, 2.75) is 19.8 Å². The molecule has 0 bridgehead atoms. The molecule has 4 nitrogen and oxygen atoms in total. The number of fused-ring (bicyclic) bond motifs is 1. The second-order valence-corrected chi connectivity index (χ2v) is 6.16. The van der Waals surface area contributed by atoms with Crippen LogP contribution in [0.1, 0.15) is 25.3 Å². The van der Waals surface area contributed by atoms with Crippen LogP contribution in [-0.4, -0.2) is 17.8 Å². The van der Waals surface area contributed by atoms with E-state index in [0.29, 0.717) is 0 Å². The SMILES string of the molecule is CCCCOc1ccc(/C=N\Nc2nc3ccccc3s2)cc1. The fourth-order valence-electron chi connectivity index (χ4n) is 2.07. The van der Waals surface area contributed by atoms with Crippen molar-refractivity contribution in [3.05, 3.63) is 54.1 Å². The van der Waals surface area contributed by atoms with Crippen LogP contribution in [0.4, 0.5) is 5.13 Å². The summed E-state index contributed by atoms with van der Waals surface area (Å²) >= 11 is 1.59. The third-order valence-corrected chi connectivity index (χ3v) is 4.26. The van der Waals surface area contributed by atoms with Crippen LogP contribution in [0.15, 0.2) is 53.6 Å². The van der Waals surface area contributed by atoms with Crippen LogP contribution in [0.2, 0.25) is 0 Å². The van der Waals surface area contributed by atoms with Crippen LogP contribution in [0.3, 0.4) is 0 Å². The van der Waals surface area contributed by atoms with Crippen LogP contribution >= 0.6 is 11.3 Å². The van der Waals surface area contributed by atoms with Crippen LogP contribution in [-0.2, 0) is 0 Å². The minimum absolute atomic E-state index is 0.767. The van der Waals surface area contributed by atoms with Gasteiger partial charge in [-0.15, -0.1) is 0 Å². The summed E-state index contributed by atoms with van der Waals surface area (Å²) < 4.78 is 6.79. The summed E-state index contributed by atoms with van der Waals surface area (Å²) in [6.45, 7) is 2.92. The number of anilines is 1. The molecule has 0 amide bonds. The first-order valence-corrected chi connectivity index (χ1v) is 8.54. The molecule has 0 atom stereocenters. The van der Waals surface area contributed by atoms with Crippen molar-refractivity contribution in [2.24, 2.45) is 5.10 Å². The molecule has 0 spiro atoms. The van der Waals surface area contributed by atoms with Crippen LogP contribution in [0.5, 0.6) is 5.75 Å². The van der Waals surface area contributed by atoms with Crippen molar-refractivity contribution >= 4 is 32.9 Å². The van der Waals surface area contributed by atoms with Crippen LogP contribution < -0.4 is 10.2 Å². The molecule has 1 heterocycles. The number of nitrogens with zero attached hydrogens (tertiary/aromatic N) is 2. The fraction of sp³-hybridized carbons (Fsp3) is 0.222. The number of rotatable bonds is 7. The average Bonchev–Trinajstić information content (AvgIpc) is 2.99. The molecule has 0 aliphatic heterocycles. The van der Waals surface area contributed by atoms with E-state index in [2.05, 4.69) is 28.5 Å². The number of hydrazone groups is 1. The Hall–Kier alpha value is -2.40. The van der Waals surface area contributed by atoms with Gasteiger partial charge in [0, 0.05) is 0 Å². The molecule has 23 heavy (non-hydrogen) atoms. The molecule has 0 fully saturated rings. The Balaban J connectivity index is 1.57. The highest BCUT2D eigenvalue weighted by atomic mass is 32.1. The minimum Gasteiger partial charge on any atom is -0.494 e. The molecule has 0 unspecified atom stereocenters. The minimum atomic E-state index is 0.767. The maximum atomic E-state index is 5.64. The molecular formula is C18H19N3OS. The second-order valence-electron chi connectivity index (χ2n) is 5.13. The van der Waals surface area contributed by atoms with Gasteiger partial charge >= 0.3 is 0 Å². The van der Waals surface area contributed by atoms with Gasteiger partial charge in [-0.1, -0.05) is 36.8 Å². The first-order valence-electron chi connectivity index (χ1n) is 7.72. The van der Waals surface area contributed by atoms with E-state index in [-0.39, 0.29) is 0 Å². The Bertz CT molecular complexity index is 747. The fourth-order valence-corrected chi connectivity index (χ4v) is 2.88. The van der Waals surface area contributed by atoms with Crippen molar-refractivity contribution in [3.63, 3.8) is 0 Å². The third kappa shape index (κ3) is 4.29. The van der Waals surface area contributed by atoms with E-state index in [1.54, 1.807) is 17.6 Å². The monoisotopic (exact) mass is 325 g/mol. The van der Waals surface area contributed by atoms with E-state index in [4.69, 9.17) is 4.74 Å². The highest BCUT2D eigenvalue weighted by Gasteiger charge is 2.00. The number of hydrogen-bond acceptors (Lipinski definition) is 5. The van der Waals surface area contributed by atoms with Gasteiger partial charge < -0.3 is 4.74 Å². The van der Waals surface area contributed by atoms with Crippen molar-refractivity contribution in [1.82, 2.24) is 4.98 Å². The normalized spacial score (nSPS) is 11.2. The van der Waals surface area contributed by atoms with E-state index in [0.717, 1.165) is 46.1 Å². The zero-order valence-electron chi connectivity index (χ0n) is 13.0. The summed E-state index contributed by atoms with van der Waals surface area (Å²) in [5.41, 5.74) is 4.99. The number of thiazole rings is 1. The molecule has 0 aliphatic carbocycles. The summed E-state index contributed by atoms with van der Waals surface area (Å²) in [6, 6.07) is 16.0. The maximum Gasteiger partial charge on any atom is 0.204 e. The Morgan fingerprint density at radius 1 is 1.17 bits per heavy atom. The lowest BCUT2D eigenvalue weighted by atomic mass is 10.2. The molecule has 1 N–H and O–H groups in total. The third-order valence-electron chi connectivity index (χ3n) is 3.31. The van der Waals surface area contributed by atoms with Crippen molar-refractivity contribution in [2.75, 3.05) is 12.0 Å². The van der Waals surface area contributed by atoms with Gasteiger partial charge in [0.2, 0.25) is 5.13 Å². The number of aromatic nitrogens is 1. The van der Waals surface area contributed by atoms with E-state index in [1.807, 2.05) is 42.5 Å². The first kappa shape index (κ1) is 15.5. The number of nitrogens with one attached hydrogen (secondary N) is 1. The zero-order chi connectivity index (χ0) is 15.9. The topological polar surface area (TPSA) is 46.5 Å². The van der Waals surface area contributed by atoms with Crippen LogP contribution in [0.25, 0.3) is 10.2 Å². The van der Waals surface area contributed by atoms with Gasteiger partial charge in [-0.3, -0.25) is 5.43 Å². The lowest BCUT2D eigenvalue weighted by molar-refractivity contribution is 0.309.